The quantitative estimate of drug-likeness (QED) is 0.816. The van der Waals surface area contributed by atoms with Crippen LogP contribution >= 0.6 is 31.9 Å². The minimum Gasteiger partial charge on any atom is -0.543 e. The van der Waals surface area contributed by atoms with E-state index in [1.165, 1.54) is 0 Å². The number of halogens is 2. The van der Waals surface area contributed by atoms with E-state index in [0.29, 0.717) is 6.42 Å². The maximum atomic E-state index is 8.90. The molecule has 0 amide bonds. The van der Waals surface area contributed by atoms with Crippen LogP contribution in [0, 0.1) is 0 Å². The molecule has 0 spiro atoms. The van der Waals surface area contributed by atoms with Crippen LogP contribution in [0.5, 0.6) is 5.75 Å². The van der Waals surface area contributed by atoms with Gasteiger partial charge in [0, 0.05) is 6.61 Å². The molecule has 5 heteroatoms. The number of aliphatic hydroxyl groups excluding tert-OH is 1. The zero-order valence-corrected chi connectivity index (χ0v) is 13.9. The van der Waals surface area contributed by atoms with E-state index in [4.69, 9.17) is 9.53 Å². The van der Waals surface area contributed by atoms with Crippen molar-refractivity contribution in [3.05, 3.63) is 26.6 Å². The van der Waals surface area contributed by atoms with Crippen molar-refractivity contribution in [2.24, 2.45) is 0 Å². The van der Waals surface area contributed by atoms with Crippen molar-refractivity contribution < 1.29 is 9.53 Å². The van der Waals surface area contributed by atoms with E-state index in [1.54, 1.807) is 0 Å². The van der Waals surface area contributed by atoms with Gasteiger partial charge in [0.25, 0.3) is 0 Å². The maximum Gasteiger partial charge on any atom is 0.242 e. The van der Waals surface area contributed by atoms with Crippen LogP contribution in [0.4, 0.5) is 0 Å². The molecular formula is C11H16Br2O2Si. The van der Waals surface area contributed by atoms with Gasteiger partial charge in [0.05, 0.1) is 8.95 Å². The molecule has 0 saturated carbocycles. The molecule has 1 aromatic rings. The number of aliphatic hydroxyl groups is 1. The molecule has 2 nitrogen and oxygen atoms in total. The fraction of sp³-hybridized carbons (Fsp3) is 0.455. The molecule has 0 radical (unpaired) electrons. The van der Waals surface area contributed by atoms with Gasteiger partial charge in [-0.1, -0.05) is 0 Å². The van der Waals surface area contributed by atoms with E-state index in [9.17, 15) is 0 Å². The zero-order chi connectivity index (χ0) is 12.3. The van der Waals surface area contributed by atoms with Gasteiger partial charge < -0.3 is 9.53 Å². The Hall–Kier alpha value is 0.157. The summed E-state index contributed by atoms with van der Waals surface area (Å²) in [6, 6.07) is 3.99. The van der Waals surface area contributed by atoms with Crippen LogP contribution in [0.3, 0.4) is 0 Å². The van der Waals surface area contributed by atoms with Crippen LogP contribution in [0.15, 0.2) is 21.1 Å². The molecule has 0 saturated heterocycles. The first kappa shape index (κ1) is 14.2. The van der Waals surface area contributed by atoms with Crippen molar-refractivity contribution in [1.29, 1.82) is 0 Å². The van der Waals surface area contributed by atoms with Gasteiger partial charge >= 0.3 is 0 Å². The highest BCUT2D eigenvalue weighted by molar-refractivity contribution is 9.11. The average Bonchev–Trinajstić information content (AvgIpc) is 2.10. The Bertz CT molecular complexity index is 352. The van der Waals surface area contributed by atoms with Crippen LogP contribution in [0.2, 0.25) is 19.6 Å². The first-order chi connectivity index (χ1) is 7.33. The van der Waals surface area contributed by atoms with Gasteiger partial charge in [0.2, 0.25) is 8.32 Å². The topological polar surface area (TPSA) is 29.5 Å². The first-order valence-electron chi connectivity index (χ1n) is 5.11. The Morgan fingerprint density at radius 3 is 2.06 bits per heavy atom. The molecule has 0 fully saturated rings. The summed E-state index contributed by atoms with van der Waals surface area (Å²) in [7, 11) is -1.61. The van der Waals surface area contributed by atoms with Gasteiger partial charge in [-0.05, 0) is 75.6 Å². The van der Waals surface area contributed by atoms with Crippen molar-refractivity contribution in [2.75, 3.05) is 6.61 Å². The Morgan fingerprint density at radius 2 is 1.69 bits per heavy atom. The van der Waals surface area contributed by atoms with Gasteiger partial charge in [-0.3, -0.25) is 0 Å². The van der Waals surface area contributed by atoms with E-state index >= 15 is 0 Å². The molecule has 90 valence electrons. The minimum atomic E-state index is -1.61. The number of rotatable bonds is 4. The Kier molecular flexibility index (Phi) is 5.03. The molecule has 0 aliphatic heterocycles. The van der Waals surface area contributed by atoms with Crippen molar-refractivity contribution in [2.45, 2.75) is 26.1 Å². The average molecular weight is 368 g/mol. The molecule has 0 bridgehead atoms. The second-order valence-corrected chi connectivity index (χ2v) is 10.7. The fourth-order valence-electron chi connectivity index (χ4n) is 1.29. The molecule has 0 aliphatic carbocycles. The molecule has 0 aromatic heterocycles. The first-order valence-corrected chi connectivity index (χ1v) is 10.1. The third-order valence-electron chi connectivity index (χ3n) is 1.87. The predicted molar refractivity (Wildman–Crippen MR) is 76.6 cm³/mol. The maximum absolute atomic E-state index is 8.90. The standard InChI is InChI=1S/C11H16Br2O2Si/c1-16(2,3)15-11-9(12)6-8(4-5-14)7-10(11)13/h6-7,14H,4-5H2,1-3H3. The lowest BCUT2D eigenvalue weighted by molar-refractivity contribution is 0.299. The largest absolute Gasteiger partial charge is 0.543 e. The molecule has 1 N–H and O–H groups in total. The van der Waals surface area contributed by atoms with Crippen molar-refractivity contribution in [3.63, 3.8) is 0 Å². The Morgan fingerprint density at radius 1 is 1.19 bits per heavy atom. The Balaban J connectivity index is 3.03. The summed E-state index contributed by atoms with van der Waals surface area (Å²) in [4.78, 5) is 0. The third kappa shape index (κ3) is 4.20. The van der Waals surface area contributed by atoms with Crippen molar-refractivity contribution in [3.8, 4) is 5.75 Å². The summed E-state index contributed by atoms with van der Waals surface area (Å²) < 4.78 is 7.85. The van der Waals surface area contributed by atoms with Crippen LogP contribution in [0.25, 0.3) is 0 Å². The summed E-state index contributed by atoms with van der Waals surface area (Å²) in [5.41, 5.74) is 1.09. The summed E-state index contributed by atoms with van der Waals surface area (Å²) in [5, 5.41) is 8.90. The molecule has 0 unspecified atom stereocenters. The van der Waals surface area contributed by atoms with Crippen LogP contribution in [0.1, 0.15) is 5.56 Å². The van der Waals surface area contributed by atoms with E-state index < -0.39 is 8.32 Å². The van der Waals surface area contributed by atoms with Gasteiger partial charge in [0.15, 0.2) is 0 Å². The lowest BCUT2D eigenvalue weighted by Gasteiger charge is -2.22. The number of benzene rings is 1. The fourth-order valence-corrected chi connectivity index (χ4v) is 3.86. The van der Waals surface area contributed by atoms with E-state index in [1.807, 2.05) is 12.1 Å². The zero-order valence-electron chi connectivity index (χ0n) is 9.68. The van der Waals surface area contributed by atoms with Gasteiger partial charge in [-0.15, -0.1) is 0 Å². The normalized spacial score (nSPS) is 11.6. The second kappa shape index (κ2) is 5.66. The van der Waals surface area contributed by atoms with Gasteiger partial charge in [-0.2, -0.15) is 0 Å². The molecule has 0 heterocycles. The highest BCUT2D eigenvalue weighted by Gasteiger charge is 2.20. The van der Waals surface area contributed by atoms with Crippen LogP contribution in [-0.2, 0) is 6.42 Å². The van der Waals surface area contributed by atoms with E-state index in [2.05, 4.69) is 51.5 Å². The molecule has 1 rings (SSSR count). The smallest absolute Gasteiger partial charge is 0.242 e. The molecule has 1 aromatic carbocycles. The van der Waals surface area contributed by atoms with Crippen LogP contribution in [-0.4, -0.2) is 20.0 Å². The van der Waals surface area contributed by atoms with E-state index in [0.717, 1.165) is 20.3 Å². The summed E-state index contributed by atoms with van der Waals surface area (Å²) in [6.45, 7) is 6.60. The highest BCUT2D eigenvalue weighted by Crippen LogP contribution is 2.36. The number of hydrogen-bond donors (Lipinski definition) is 1. The summed E-state index contributed by atoms with van der Waals surface area (Å²) in [6.07, 6.45) is 0.657. The molecular weight excluding hydrogens is 352 g/mol. The molecule has 0 atom stereocenters. The van der Waals surface area contributed by atoms with Crippen molar-refractivity contribution >= 4 is 40.2 Å². The van der Waals surface area contributed by atoms with Gasteiger partial charge in [0.1, 0.15) is 5.75 Å². The second-order valence-electron chi connectivity index (χ2n) is 4.58. The van der Waals surface area contributed by atoms with Crippen LogP contribution < -0.4 is 4.43 Å². The van der Waals surface area contributed by atoms with Crippen molar-refractivity contribution in [1.82, 2.24) is 0 Å². The monoisotopic (exact) mass is 366 g/mol. The lowest BCUT2D eigenvalue weighted by atomic mass is 10.1. The third-order valence-corrected chi connectivity index (χ3v) is 3.86. The Labute approximate surface area is 114 Å². The predicted octanol–water partition coefficient (Wildman–Crippen LogP) is 3.96. The molecule has 0 aliphatic rings. The number of hydrogen-bond acceptors (Lipinski definition) is 2. The van der Waals surface area contributed by atoms with E-state index in [-0.39, 0.29) is 6.61 Å². The van der Waals surface area contributed by atoms with Gasteiger partial charge in [-0.25, -0.2) is 0 Å². The summed E-state index contributed by atoms with van der Waals surface area (Å²) >= 11 is 7.01. The summed E-state index contributed by atoms with van der Waals surface area (Å²) in [5.74, 6) is 0.862. The highest BCUT2D eigenvalue weighted by atomic mass is 79.9. The molecule has 16 heavy (non-hydrogen) atoms. The minimum absolute atomic E-state index is 0.160. The SMILES string of the molecule is C[Si](C)(C)Oc1c(Br)cc(CCO)cc1Br. The lowest BCUT2D eigenvalue weighted by Crippen LogP contribution is -2.29.